The van der Waals surface area contributed by atoms with Crippen molar-refractivity contribution in [2.24, 2.45) is 0 Å². The number of nitrogens with one attached hydrogen (secondary N) is 1. The summed E-state index contributed by atoms with van der Waals surface area (Å²) in [6.45, 7) is 3.03. The van der Waals surface area contributed by atoms with Gasteiger partial charge in [-0.3, -0.25) is 4.79 Å². The van der Waals surface area contributed by atoms with Crippen molar-refractivity contribution in [2.75, 3.05) is 20.1 Å². The van der Waals surface area contributed by atoms with Crippen LogP contribution in [0.5, 0.6) is 0 Å². The third-order valence-corrected chi connectivity index (χ3v) is 3.40. The molecule has 1 amide bonds. The molecule has 2 atom stereocenters. The van der Waals surface area contributed by atoms with Gasteiger partial charge in [-0.05, 0) is 19.8 Å². The van der Waals surface area contributed by atoms with Crippen molar-refractivity contribution in [3.8, 4) is 0 Å². The quantitative estimate of drug-likeness (QED) is 0.698. The zero-order valence-electron chi connectivity index (χ0n) is 10.4. The summed E-state index contributed by atoms with van der Waals surface area (Å²) in [4.78, 5) is 13.3. The van der Waals surface area contributed by atoms with Crippen LogP contribution < -0.4 is 5.32 Å². The molecule has 0 aromatic rings. The van der Waals surface area contributed by atoms with Gasteiger partial charge in [-0.15, -0.1) is 0 Å². The number of nitrogens with zero attached hydrogens (tertiary/aromatic N) is 1. The number of carbonyl (C=O) groups excluding carboxylic acids is 1. The van der Waals surface area contributed by atoms with E-state index in [2.05, 4.69) is 5.32 Å². The van der Waals surface area contributed by atoms with E-state index in [1.807, 2.05) is 6.92 Å². The van der Waals surface area contributed by atoms with Crippen LogP contribution in [0.4, 0.5) is 0 Å². The van der Waals surface area contributed by atoms with Gasteiger partial charge in [0, 0.05) is 19.6 Å². The smallest absolute Gasteiger partial charge is 0.236 e. The molecule has 0 aromatic heterocycles. The number of aliphatic hydroxyl groups excluding tert-OH is 1. The van der Waals surface area contributed by atoms with Gasteiger partial charge in [0.1, 0.15) is 0 Å². The molecule has 0 bridgehead atoms. The standard InChI is InChI=1S/C12H24N2O2/c1-3-14(2)12(16)9-13-10-7-5-4-6-8-11(10)15/h10-11,13,15H,3-9H2,1-2H3. The second-order valence-corrected chi connectivity index (χ2v) is 4.60. The van der Waals surface area contributed by atoms with Crippen LogP contribution in [0.1, 0.15) is 39.0 Å². The summed E-state index contributed by atoms with van der Waals surface area (Å²) in [5, 5.41) is 13.1. The normalized spacial score (nSPS) is 26.2. The molecule has 0 saturated heterocycles. The Morgan fingerprint density at radius 3 is 2.75 bits per heavy atom. The summed E-state index contributed by atoms with van der Waals surface area (Å²) in [7, 11) is 1.80. The number of amides is 1. The average molecular weight is 228 g/mol. The average Bonchev–Trinajstić information content (AvgIpc) is 2.50. The molecule has 0 spiro atoms. The van der Waals surface area contributed by atoms with Gasteiger partial charge in [-0.1, -0.05) is 19.3 Å². The fourth-order valence-electron chi connectivity index (χ4n) is 2.06. The van der Waals surface area contributed by atoms with E-state index in [4.69, 9.17) is 0 Å². The predicted octanol–water partition coefficient (Wildman–Crippen LogP) is 0.748. The highest BCUT2D eigenvalue weighted by atomic mass is 16.3. The highest BCUT2D eigenvalue weighted by Gasteiger charge is 2.21. The van der Waals surface area contributed by atoms with E-state index in [0.717, 1.165) is 32.2 Å². The molecule has 1 aliphatic rings. The zero-order chi connectivity index (χ0) is 12.0. The van der Waals surface area contributed by atoms with Crippen molar-refractivity contribution >= 4 is 5.91 Å². The zero-order valence-corrected chi connectivity index (χ0v) is 10.4. The highest BCUT2D eigenvalue weighted by Crippen LogP contribution is 2.17. The topological polar surface area (TPSA) is 52.6 Å². The van der Waals surface area contributed by atoms with E-state index in [9.17, 15) is 9.90 Å². The second kappa shape index (κ2) is 6.86. The Morgan fingerprint density at radius 1 is 1.38 bits per heavy atom. The van der Waals surface area contributed by atoms with E-state index in [1.165, 1.54) is 6.42 Å². The molecule has 0 aliphatic heterocycles. The molecule has 1 aliphatic carbocycles. The first-order valence-corrected chi connectivity index (χ1v) is 6.30. The summed E-state index contributed by atoms with van der Waals surface area (Å²) >= 11 is 0. The SMILES string of the molecule is CCN(C)C(=O)CNC1CCCCCC1O. The van der Waals surface area contributed by atoms with Crippen LogP contribution in [-0.4, -0.2) is 48.2 Å². The Kier molecular flexibility index (Phi) is 5.77. The number of aliphatic hydroxyl groups is 1. The van der Waals surface area contributed by atoms with Crippen molar-refractivity contribution in [1.82, 2.24) is 10.2 Å². The van der Waals surface area contributed by atoms with E-state index in [-0.39, 0.29) is 18.1 Å². The minimum atomic E-state index is -0.290. The van der Waals surface area contributed by atoms with Gasteiger partial charge in [-0.2, -0.15) is 0 Å². The fourth-order valence-corrected chi connectivity index (χ4v) is 2.06. The van der Waals surface area contributed by atoms with Crippen LogP contribution in [0, 0.1) is 0 Å². The van der Waals surface area contributed by atoms with Gasteiger partial charge in [0.05, 0.1) is 12.6 Å². The number of carbonyl (C=O) groups is 1. The van der Waals surface area contributed by atoms with E-state index < -0.39 is 0 Å². The third-order valence-electron chi connectivity index (χ3n) is 3.40. The maximum Gasteiger partial charge on any atom is 0.236 e. The molecule has 1 fully saturated rings. The molecule has 1 rings (SSSR count). The molecular formula is C12H24N2O2. The lowest BCUT2D eigenvalue weighted by Gasteiger charge is -2.23. The van der Waals surface area contributed by atoms with Gasteiger partial charge >= 0.3 is 0 Å². The molecule has 2 N–H and O–H groups in total. The molecule has 0 aromatic carbocycles. The minimum absolute atomic E-state index is 0.0942. The van der Waals surface area contributed by atoms with Crippen LogP contribution >= 0.6 is 0 Å². The minimum Gasteiger partial charge on any atom is -0.392 e. The fraction of sp³-hybridized carbons (Fsp3) is 0.917. The molecule has 2 unspecified atom stereocenters. The summed E-state index contributed by atoms with van der Waals surface area (Å²) in [5.41, 5.74) is 0. The van der Waals surface area contributed by atoms with Crippen molar-refractivity contribution in [1.29, 1.82) is 0 Å². The van der Waals surface area contributed by atoms with Gasteiger partial charge < -0.3 is 15.3 Å². The van der Waals surface area contributed by atoms with Crippen LogP contribution in [0.15, 0.2) is 0 Å². The van der Waals surface area contributed by atoms with Crippen LogP contribution in [0.3, 0.4) is 0 Å². The lowest BCUT2D eigenvalue weighted by Crippen LogP contribution is -2.44. The summed E-state index contributed by atoms with van der Waals surface area (Å²) in [6.07, 6.45) is 4.98. The monoisotopic (exact) mass is 228 g/mol. The van der Waals surface area contributed by atoms with Gasteiger partial charge in [0.15, 0.2) is 0 Å². The molecule has 4 heteroatoms. The Labute approximate surface area is 98.0 Å². The van der Waals surface area contributed by atoms with E-state index in [0.29, 0.717) is 6.54 Å². The predicted molar refractivity (Wildman–Crippen MR) is 64.2 cm³/mol. The van der Waals surface area contributed by atoms with Crippen LogP contribution in [-0.2, 0) is 4.79 Å². The maximum absolute atomic E-state index is 11.6. The maximum atomic E-state index is 11.6. The summed E-state index contributed by atoms with van der Waals surface area (Å²) in [6, 6.07) is 0.0942. The Bertz CT molecular complexity index is 221. The Morgan fingerprint density at radius 2 is 2.06 bits per heavy atom. The van der Waals surface area contributed by atoms with Gasteiger partial charge in [-0.25, -0.2) is 0 Å². The van der Waals surface area contributed by atoms with Gasteiger partial charge in [0.2, 0.25) is 5.91 Å². The molecule has 94 valence electrons. The lowest BCUT2D eigenvalue weighted by atomic mass is 10.1. The molecular weight excluding hydrogens is 204 g/mol. The van der Waals surface area contributed by atoms with Gasteiger partial charge in [0.25, 0.3) is 0 Å². The van der Waals surface area contributed by atoms with Crippen molar-refractivity contribution in [2.45, 2.75) is 51.2 Å². The van der Waals surface area contributed by atoms with E-state index >= 15 is 0 Å². The number of hydrogen-bond acceptors (Lipinski definition) is 3. The highest BCUT2D eigenvalue weighted by molar-refractivity contribution is 5.77. The Balaban J connectivity index is 2.32. The molecule has 0 radical (unpaired) electrons. The molecule has 0 heterocycles. The number of likely N-dealkylation sites (N-methyl/N-ethyl adjacent to an activating group) is 1. The third kappa shape index (κ3) is 4.10. The van der Waals surface area contributed by atoms with Crippen LogP contribution in [0.25, 0.3) is 0 Å². The van der Waals surface area contributed by atoms with Crippen LogP contribution in [0.2, 0.25) is 0 Å². The van der Waals surface area contributed by atoms with Crippen molar-refractivity contribution in [3.63, 3.8) is 0 Å². The first kappa shape index (κ1) is 13.5. The number of rotatable bonds is 4. The largest absolute Gasteiger partial charge is 0.392 e. The molecule has 16 heavy (non-hydrogen) atoms. The molecule has 4 nitrogen and oxygen atoms in total. The lowest BCUT2D eigenvalue weighted by molar-refractivity contribution is -0.129. The second-order valence-electron chi connectivity index (χ2n) is 4.60. The first-order chi connectivity index (χ1) is 7.65. The van der Waals surface area contributed by atoms with E-state index in [1.54, 1.807) is 11.9 Å². The van der Waals surface area contributed by atoms with Crippen molar-refractivity contribution < 1.29 is 9.90 Å². The first-order valence-electron chi connectivity index (χ1n) is 6.30. The summed E-state index contributed by atoms with van der Waals surface area (Å²) < 4.78 is 0. The summed E-state index contributed by atoms with van der Waals surface area (Å²) in [5.74, 6) is 0.0962. The van der Waals surface area contributed by atoms with Crippen molar-refractivity contribution in [3.05, 3.63) is 0 Å². The Hall–Kier alpha value is -0.610. The molecule has 1 saturated carbocycles. The number of hydrogen-bond donors (Lipinski definition) is 2.